The lowest BCUT2D eigenvalue weighted by atomic mass is 10.0. The first-order chi connectivity index (χ1) is 35.7. The van der Waals surface area contributed by atoms with Crippen LogP contribution in [-0.2, 0) is 75.7 Å². The van der Waals surface area contributed by atoms with Crippen molar-refractivity contribution in [2.24, 2.45) is 7.05 Å². The SMILES string of the molecule is COC1[C@@H](COP(=O)(O)OP(=O)(O)OP(=O)(O)OC[C@@]23COC([C@H](n4cnc5c(N)ncnc54)O2)[C@H]3OP(=O)(O)OC[C@H]2O[C@@H](n3cnc4c(=O)[nH]c(N)nc43)C(O)[C@H]2O)O[C@@H]([n+]2cn(C)c3c(=O)[nH]c(N)nc32)[C@H]1O. The highest BCUT2D eigenvalue weighted by molar-refractivity contribution is 7.66. The molecule has 0 saturated carbocycles. The Balaban J connectivity index is 0.813. The Hall–Kier alpha value is -5.15. The predicted molar refractivity (Wildman–Crippen MR) is 242 cm³/mol. The van der Waals surface area contributed by atoms with Crippen LogP contribution in [0.1, 0.15) is 18.7 Å². The molecule has 0 radical (unpaired) electrons. The van der Waals surface area contributed by atoms with Gasteiger partial charge in [0.15, 0.2) is 41.4 Å². The molecule has 4 fully saturated rings. The zero-order chi connectivity index (χ0) is 54.6. The number of ether oxygens (including phenoxy) is 5. The van der Waals surface area contributed by atoms with Crippen molar-refractivity contribution in [3.05, 3.63) is 46.0 Å². The predicted octanol–water partition coefficient (Wildman–Crippen LogP) is -4.30. The van der Waals surface area contributed by atoms with Crippen molar-refractivity contribution in [1.29, 1.82) is 0 Å². The number of nitrogens with zero attached hydrogens (tertiary/aromatic N) is 10. The number of nitrogen functional groups attached to an aromatic ring is 3. The molecule has 6 aromatic heterocycles. The monoisotopic (exact) mass is 1160 g/mol. The molecule has 10 heterocycles. The Bertz CT molecular complexity index is 3560. The van der Waals surface area contributed by atoms with Gasteiger partial charge < -0.3 is 75.8 Å². The van der Waals surface area contributed by atoms with E-state index in [-0.39, 0.29) is 51.2 Å². The molecule has 4 aliphatic heterocycles. The standard InChI is InChI=1S/C33H43N15O24P4/c1-45-10-48(25-15(45)27(53)44-32(36)42-25)29-18(51)19(62-2)12(68-29)4-65-74(56,57)71-76(60,61)72-75(58,59)66-6-33-5-63-20(30(69-33)46-8-39-13-22(34)37-7-38-23(13)46)21(33)70-73(54,55)64-3-11-16(49)17(50)28(67-11)47-9-40-14-24(47)41-31(35)43-26(14)52/h7-12,16-21,28-30,49-51H,3-6H2,1-2H3,(H11-,34,35,36,37,38,41,42,43,44,52,53,54,55,56,57,58,59,60,61)/p+1/t11-,12-,16+,17?,18+,19?,20?,21-,28-,29-,30-,33-/m1/s1. The third kappa shape index (κ3) is 10.0. The minimum absolute atomic E-state index is 0.0228. The fraction of sp³-hybridized carbons (Fsp3) is 0.545. The Labute approximate surface area is 420 Å². The van der Waals surface area contributed by atoms with Gasteiger partial charge >= 0.3 is 36.9 Å². The molecule has 0 spiro atoms. The Morgan fingerprint density at radius 3 is 2.14 bits per heavy atom. The number of imidazole rings is 3. The van der Waals surface area contributed by atoms with E-state index in [0.717, 1.165) is 24.3 Å². The Morgan fingerprint density at radius 2 is 1.42 bits per heavy atom. The van der Waals surface area contributed by atoms with Gasteiger partial charge in [0.1, 0.15) is 66.3 Å². The van der Waals surface area contributed by atoms with Gasteiger partial charge in [-0.25, -0.2) is 42.8 Å². The summed E-state index contributed by atoms with van der Waals surface area (Å²) in [5, 5.41) is 32.9. The topological polar surface area (TPSA) is 551 Å². The minimum Gasteiger partial charge on any atom is -0.387 e. The normalized spacial score (nSPS) is 31.8. The maximum absolute atomic E-state index is 13.7. The fourth-order valence-electron chi connectivity index (χ4n) is 9.01. The number of aliphatic hydroxyl groups excluding tert-OH is 3. The summed E-state index contributed by atoms with van der Waals surface area (Å²) in [6.07, 6.45) is -12.5. The minimum atomic E-state index is -6.19. The van der Waals surface area contributed by atoms with Crippen molar-refractivity contribution in [1.82, 2.24) is 53.6 Å². The number of phosphoric acid groups is 4. The number of nitrogens with two attached hydrogens (primary N) is 3. The van der Waals surface area contributed by atoms with Gasteiger partial charge in [0.2, 0.25) is 17.7 Å². The van der Waals surface area contributed by atoms with E-state index in [9.17, 15) is 62.7 Å². The molecule has 7 unspecified atom stereocenters. The molecule has 2 bridgehead atoms. The maximum Gasteiger partial charge on any atom is 0.490 e. The van der Waals surface area contributed by atoms with Gasteiger partial charge in [-0.15, -0.1) is 0 Å². The van der Waals surface area contributed by atoms with Crippen molar-refractivity contribution in [2.75, 3.05) is 50.7 Å². The number of fused-ring (bicyclic) bond motifs is 5. The highest BCUT2D eigenvalue weighted by Gasteiger charge is 2.66. The summed E-state index contributed by atoms with van der Waals surface area (Å²) in [7, 11) is -20.8. The van der Waals surface area contributed by atoms with Crippen molar-refractivity contribution in [3.8, 4) is 0 Å². The second-order valence-corrected chi connectivity index (χ2v) is 23.2. The summed E-state index contributed by atoms with van der Waals surface area (Å²) < 4.78 is 116. The van der Waals surface area contributed by atoms with Crippen LogP contribution in [0.4, 0.5) is 17.7 Å². The van der Waals surface area contributed by atoms with Gasteiger partial charge in [-0.1, -0.05) is 4.98 Å². The number of aromatic amines is 2. The quantitative estimate of drug-likeness (QED) is 0.0270. The highest BCUT2D eigenvalue weighted by Crippen LogP contribution is 2.68. The molecule has 414 valence electrons. The number of phosphoric ester groups is 3. The molecule has 15 N–H and O–H groups in total. The first-order valence-corrected chi connectivity index (χ1v) is 27.6. The van der Waals surface area contributed by atoms with E-state index in [1.807, 2.05) is 0 Å². The Morgan fingerprint density at radius 1 is 0.776 bits per heavy atom. The molecule has 6 aromatic rings. The number of aliphatic hydroxyl groups is 3. The molecule has 16 atom stereocenters. The second-order valence-electron chi connectivity index (χ2n) is 17.2. The molecule has 4 saturated heterocycles. The van der Waals surface area contributed by atoms with Crippen LogP contribution in [0.3, 0.4) is 0 Å². The zero-order valence-electron chi connectivity index (χ0n) is 38.6. The lowest BCUT2D eigenvalue weighted by Crippen LogP contribution is -2.46. The summed E-state index contributed by atoms with van der Waals surface area (Å²) >= 11 is 0. The first-order valence-electron chi connectivity index (χ1n) is 21.6. The number of hydrogen-bond acceptors (Lipinski definition) is 29. The summed E-state index contributed by atoms with van der Waals surface area (Å²) in [4.78, 5) is 96.4. The third-order valence-electron chi connectivity index (χ3n) is 12.3. The van der Waals surface area contributed by atoms with Crippen molar-refractivity contribution < 1.29 is 108 Å². The lowest BCUT2D eigenvalue weighted by molar-refractivity contribution is -0.745. The number of methoxy groups -OCH3 is 1. The van der Waals surface area contributed by atoms with Gasteiger partial charge in [-0.2, -0.15) is 13.6 Å². The lowest BCUT2D eigenvalue weighted by Gasteiger charge is -2.32. The maximum atomic E-state index is 13.7. The van der Waals surface area contributed by atoms with Crippen molar-refractivity contribution in [3.63, 3.8) is 0 Å². The number of rotatable bonds is 19. The largest absolute Gasteiger partial charge is 0.490 e. The van der Waals surface area contributed by atoms with Crippen LogP contribution in [0.5, 0.6) is 0 Å². The second kappa shape index (κ2) is 19.6. The van der Waals surface area contributed by atoms with E-state index in [1.54, 1.807) is 0 Å². The molecule has 76 heavy (non-hydrogen) atoms. The van der Waals surface area contributed by atoms with Crippen LogP contribution in [0.2, 0.25) is 0 Å². The first kappa shape index (κ1) is 54.2. The molecule has 10 rings (SSSR count). The fourth-order valence-corrected chi connectivity index (χ4v) is 13.6. The zero-order valence-corrected chi connectivity index (χ0v) is 42.1. The molecule has 4 aliphatic rings. The molecule has 0 amide bonds. The smallest absolute Gasteiger partial charge is 0.387 e. The van der Waals surface area contributed by atoms with Gasteiger partial charge in [-0.3, -0.25) is 51.4 Å². The van der Waals surface area contributed by atoms with E-state index in [4.69, 9.17) is 59.0 Å². The molecular formula is C33H44N15O24P4+. The molecule has 0 aliphatic carbocycles. The third-order valence-corrected chi connectivity index (χ3v) is 17.5. The van der Waals surface area contributed by atoms with Crippen LogP contribution in [-0.4, -0.2) is 176 Å². The van der Waals surface area contributed by atoms with E-state index in [0.29, 0.717) is 0 Å². The van der Waals surface area contributed by atoms with Gasteiger partial charge in [0, 0.05) is 7.11 Å². The van der Waals surface area contributed by atoms with E-state index in [1.165, 1.54) is 33.4 Å². The number of H-pyrrole nitrogens is 2. The summed E-state index contributed by atoms with van der Waals surface area (Å²) in [6.45, 7) is -3.91. The molecule has 39 nitrogen and oxygen atoms in total. The average Bonchev–Trinajstić information content (AvgIpc) is 4.23. The van der Waals surface area contributed by atoms with Crippen LogP contribution in [0.15, 0.2) is 34.9 Å². The molecular weight excluding hydrogens is 1110 g/mol. The highest BCUT2D eigenvalue weighted by atomic mass is 31.3. The Kier molecular flexibility index (Phi) is 14.0. The van der Waals surface area contributed by atoms with Gasteiger partial charge in [0.25, 0.3) is 17.1 Å². The van der Waals surface area contributed by atoms with Gasteiger partial charge in [-0.05, 0) is 0 Å². The van der Waals surface area contributed by atoms with E-state index < -0.39 is 142 Å². The van der Waals surface area contributed by atoms with Crippen LogP contribution < -0.4 is 32.9 Å². The number of hydrogen-bond donors (Lipinski definition) is 12. The molecule has 43 heteroatoms. The van der Waals surface area contributed by atoms with E-state index in [2.05, 4.69) is 48.5 Å². The van der Waals surface area contributed by atoms with Crippen molar-refractivity contribution in [2.45, 2.75) is 73.1 Å². The summed E-state index contributed by atoms with van der Waals surface area (Å²) in [5.41, 5.74) is 13.4. The van der Waals surface area contributed by atoms with Gasteiger partial charge in [0.05, 0.1) is 46.1 Å². The van der Waals surface area contributed by atoms with Crippen LogP contribution in [0.25, 0.3) is 33.5 Å². The number of nitrogens with one attached hydrogen (secondary N) is 2. The molecule has 0 aromatic carbocycles. The average molecular weight is 1160 g/mol. The van der Waals surface area contributed by atoms with E-state index >= 15 is 0 Å². The van der Waals surface area contributed by atoms with Crippen molar-refractivity contribution >= 4 is 82.5 Å². The van der Waals surface area contributed by atoms with Crippen LogP contribution in [0, 0.1) is 0 Å². The van der Waals surface area contributed by atoms with Crippen LogP contribution >= 0.6 is 31.3 Å². The number of anilines is 3. The number of aryl methyl sites for hydroxylation is 1. The number of aromatic nitrogens is 12. The summed E-state index contributed by atoms with van der Waals surface area (Å²) in [5.74, 6) is -0.658. The summed E-state index contributed by atoms with van der Waals surface area (Å²) in [6, 6.07) is 0.